The Balaban J connectivity index is 1.59. The van der Waals surface area contributed by atoms with Gasteiger partial charge in [0.1, 0.15) is 13.2 Å². The second kappa shape index (κ2) is 8.38. The lowest BCUT2D eigenvalue weighted by Crippen LogP contribution is -2.44. The second-order valence-electron chi connectivity index (χ2n) is 6.46. The van der Waals surface area contributed by atoms with E-state index >= 15 is 0 Å². The van der Waals surface area contributed by atoms with Gasteiger partial charge in [0.2, 0.25) is 5.75 Å². The first-order valence-electron chi connectivity index (χ1n) is 8.74. The van der Waals surface area contributed by atoms with Gasteiger partial charge in [0.05, 0.1) is 13.3 Å². The molecule has 1 fully saturated rings. The van der Waals surface area contributed by atoms with Crippen LogP contribution in [0.1, 0.15) is 38.2 Å². The predicted octanol–water partition coefficient (Wildman–Crippen LogP) is 2.84. The normalized spacial score (nSPS) is 22.5. The van der Waals surface area contributed by atoms with E-state index in [0.717, 1.165) is 12.0 Å². The number of nitrogens with one attached hydrogen (secondary N) is 2. The fourth-order valence-corrected chi connectivity index (χ4v) is 3.47. The maximum atomic E-state index is 5.62. The minimum Gasteiger partial charge on any atom is -0.493 e. The molecule has 25 heavy (non-hydrogen) atoms. The van der Waals surface area contributed by atoms with Gasteiger partial charge in [-0.15, -0.1) is 0 Å². The van der Waals surface area contributed by atoms with Crippen LogP contribution in [0.2, 0.25) is 0 Å². The number of ether oxygens (including phenoxy) is 3. The zero-order chi connectivity index (χ0) is 17.6. The minimum atomic E-state index is 0.429. The van der Waals surface area contributed by atoms with Crippen LogP contribution in [-0.2, 0) is 0 Å². The predicted molar refractivity (Wildman–Crippen MR) is 102 cm³/mol. The standard InChI is InChI=1S/C18H25N3O3S/c1-12-5-3-4-6-14(12)20-18(25)21-19-11-13-9-15(22-2)17-16(10-13)23-7-8-24-17/h9-12,14H,3-8H2,1-2H3,(H2,20,21,25)/b19-11-/t12-,14-/m1/s1. The van der Waals surface area contributed by atoms with Crippen LogP contribution in [0.5, 0.6) is 17.2 Å². The molecular formula is C18H25N3O3S. The first kappa shape index (κ1) is 17.8. The number of fused-ring (bicyclic) bond motifs is 1. The van der Waals surface area contributed by atoms with Crippen molar-refractivity contribution in [2.24, 2.45) is 11.0 Å². The molecular weight excluding hydrogens is 338 g/mol. The van der Waals surface area contributed by atoms with Crippen molar-refractivity contribution < 1.29 is 14.2 Å². The summed E-state index contributed by atoms with van der Waals surface area (Å²) in [5, 5.41) is 8.15. The highest BCUT2D eigenvalue weighted by Crippen LogP contribution is 2.39. The van der Waals surface area contributed by atoms with Gasteiger partial charge in [-0.2, -0.15) is 5.10 Å². The molecule has 1 aliphatic heterocycles. The van der Waals surface area contributed by atoms with Gasteiger partial charge in [-0.3, -0.25) is 5.43 Å². The maximum absolute atomic E-state index is 5.62. The lowest BCUT2D eigenvalue weighted by atomic mass is 9.86. The Bertz CT molecular complexity index is 633. The largest absolute Gasteiger partial charge is 0.493 e. The quantitative estimate of drug-likeness (QED) is 0.487. The number of hydrogen-bond donors (Lipinski definition) is 2. The zero-order valence-corrected chi connectivity index (χ0v) is 15.5. The van der Waals surface area contributed by atoms with Crippen molar-refractivity contribution in [2.75, 3.05) is 20.3 Å². The Morgan fingerprint density at radius 3 is 2.88 bits per heavy atom. The lowest BCUT2D eigenvalue weighted by Gasteiger charge is -2.30. The Morgan fingerprint density at radius 1 is 1.28 bits per heavy atom. The average molecular weight is 363 g/mol. The molecule has 1 heterocycles. The van der Waals surface area contributed by atoms with Gasteiger partial charge in [-0.25, -0.2) is 0 Å². The Morgan fingerprint density at radius 2 is 2.08 bits per heavy atom. The number of nitrogens with zero attached hydrogens (tertiary/aromatic N) is 1. The molecule has 2 aliphatic rings. The molecule has 1 aliphatic carbocycles. The summed E-state index contributed by atoms with van der Waals surface area (Å²) in [5.41, 5.74) is 3.74. The number of benzene rings is 1. The molecule has 3 rings (SSSR count). The third-order valence-corrected chi connectivity index (χ3v) is 4.87. The number of hydrogen-bond acceptors (Lipinski definition) is 5. The molecule has 0 unspecified atom stereocenters. The average Bonchev–Trinajstić information content (AvgIpc) is 2.63. The van der Waals surface area contributed by atoms with Crippen molar-refractivity contribution in [1.29, 1.82) is 0 Å². The summed E-state index contributed by atoms with van der Waals surface area (Å²) in [6.45, 7) is 3.32. The van der Waals surface area contributed by atoms with Crippen molar-refractivity contribution in [1.82, 2.24) is 10.7 Å². The Labute approximate surface area is 153 Å². The van der Waals surface area contributed by atoms with E-state index in [9.17, 15) is 0 Å². The lowest BCUT2D eigenvalue weighted by molar-refractivity contribution is 0.165. The number of rotatable bonds is 4. The third-order valence-electron chi connectivity index (χ3n) is 4.66. The molecule has 1 aromatic carbocycles. The molecule has 0 aromatic heterocycles. The van der Waals surface area contributed by atoms with E-state index < -0.39 is 0 Å². The minimum absolute atomic E-state index is 0.429. The van der Waals surface area contributed by atoms with Crippen LogP contribution in [0, 0.1) is 5.92 Å². The van der Waals surface area contributed by atoms with E-state index in [1.165, 1.54) is 19.3 Å². The Kier molecular flexibility index (Phi) is 5.96. The van der Waals surface area contributed by atoms with Gasteiger partial charge in [0.15, 0.2) is 16.6 Å². The molecule has 2 N–H and O–H groups in total. The van der Waals surface area contributed by atoms with E-state index in [-0.39, 0.29) is 0 Å². The molecule has 0 saturated heterocycles. The summed E-state index contributed by atoms with van der Waals surface area (Å²) in [4.78, 5) is 0. The highest BCUT2D eigenvalue weighted by molar-refractivity contribution is 7.80. The molecule has 136 valence electrons. The first-order chi connectivity index (χ1) is 12.2. The van der Waals surface area contributed by atoms with Gasteiger partial charge in [-0.05, 0) is 43.1 Å². The van der Waals surface area contributed by atoms with E-state index in [4.69, 9.17) is 26.4 Å². The van der Waals surface area contributed by atoms with E-state index in [0.29, 0.717) is 47.5 Å². The molecule has 2 atom stereocenters. The molecule has 0 radical (unpaired) electrons. The highest BCUT2D eigenvalue weighted by Gasteiger charge is 2.21. The number of hydrazone groups is 1. The molecule has 0 spiro atoms. The summed E-state index contributed by atoms with van der Waals surface area (Å²) in [6, 6.07) is 4.17. The second-order valence-corrected chi connectivity index (χ2v) is 6.87. The number of thiocarbonyl (C=S) groups is 1. The fourth-order valence-electron chi connectivity index (χ4n) is 3.26. The van der Waals surface area contributed by atoms with Crippen LogP contribution in [0.3, 0.4) is 0 Å². The van der Waals surface area contributed by atoms with Crippen molar-refractivity contribution in [2.45, 2.75) is 38.6 Å². The van der Waals surface area contributed by atoms with Gasteiger partial charge in [0, 0.05) is 11.6 Å². The van der Waals surface area contributed by atoms with Crippen molar-refractivity contribution in [3.8, 4) is 17.2 Å². The zero-order valence-electron chi connectivity index (χ0n) is 14.7. The molecule has 1 aromatic rings. The van der Waals surface area contributed by atoms with Gasteiger partial charge < -0.3 is 19.5 Å². The van der Waals surface area contributed by atoms with Crippen LogP contribution >= 0.6 is 12.2 Å². The number of methoxy groups -OCH3 is 1. The molecule has 0 amide bonds. The van der Waals surface area contributed by atoms with E-state index in [1.54, 1.807) is 13.3 Å². The van der Waals surface area contributed by atoms with E-state index in [2.05, 4.69) is 22.8 Å². The highest BCUT2D eigenvalue weighted by atomic mass is 32.1. The SMILES string of the molecule is COc1cc(/C=N\NC(=S)N[C@@H]2CCCC[C@H]2C)cc2c1OCCO2. The van der Waals surface area contributed by atoms with Crippen LogP contribution in [-0.4, -0.2) is 37.7 Å². The fraction of sp³-hybridized carbons (Fsp3) is 0.556. The van der Waals surface area contributed by atoms with Gasteiger partial charge in [0.25, 0.3) is 0 Å². The smallest absolute Gasteiger partial charge is 0.203 e. The monoisotopic (exact) mass is 363 g/mol. The van der Waals surface area contributed by atoms with Crippen LogP contribution in [0.4, 0.5) is 0 Å². The van der Waals surface area contributed by atoms with Crippen LogP contribution in [0.25, 0.3) is 0 Å². The van der Waals surface area contributed by atoms with Crippen molar-refractivity contribution in [3.05, 3.63) is 17.7 Å². The summed E-state index contributed by atoms with van der Waals surface area (Å²) in [6.07, 6.45) is 6.67. The third kappa shape index (κ3) is 4.54. The summed E-state index contributed by atoms with van der Waals surface area (Å²) < 4.78 is 16.6. The van der Waals surface area contributed by atoms with Crippen LogP contribution < -0.4 is 25.0 Å². The maximum Gasteiger partial charge on any atom is 0.203 e. The summed E-state index contributed by atoms with van der Waals surface area (Å²) in [7, 11) is 1.61. The van der Waals surface area contributed by atoms with Crippen LogP contribution in [0.15, 0.2) is 17.2 Å². The molecule has 7 heteroatoms. The summed E-state index contributed by atoms with van der Waals surface area (Å²) >= 11 is 5.34. The van der Waals surface area contributed by atoms with E-state index in [1.807, 2.05) is 12.1 Å². The van der Waals surface area contributed by atoms with Gasteiger partial charge >= 0.3 is 0 Å². The van der Waals surface area contributed by atoms with Crippen molar-refractivity contribution >= 4 is 23.5 Å². The molecule has 0 bridgehead atoms. The first-order valence-corrected chi connectivity index (χ1v) is 9.15. The molecule has 1 saturated carbocycles. The van der Waals surface area contributed by atoms with Gasteiger partial charge in [-0.1, -0.05) is 19.8 Å². The van der Waals surface area contributed by atoms with Crippen molar-refractivity contribution in [3.63, 3.8) is 0 Å². The topological polar surface area (TPSA) is 64.1 Å². The molecule has 6 nitrogen and oxygen atoms in total. The summed E-state index contributed by atoms with van der Waals surface area (Å²) in [5.74, 6) is 2.58. The Hall–Kier alpha value is -2.02.